The number of aromatic nitrogens is 1. The van der Waals surface area contributed by atoms with Crippen LogP contribution in [0.1, 0.15) is 35.9 Å². The van der Waals surface area contributed by atoms with Crippen LogP contribution in [0.3, 0.4) is 0 Å². The molecule has 5 heteroatoms. The third-order valence-corrected chi connectivity index (χ3v) is 5.20. The molecule has 3 atom stereocenters. The van der Waals surface area contributed by atoms with Crippen LogP contribution in [0, 0.1) is 5.92 Å². The second-order valence-electron chi connectivity index (χ2n) is 6.10. The van der Waals surface area contributed by atoms with Gasteiger partial charge in [0, 0.05) is 17.5 Å². The van der Waals surface area contributed by atoms with Gasteiger partial charge in [0.1, 0.15) is 11.1 Å². The van der Waals surface area contributed by atoms with Crippen LogP contribution in [0.4, 0.5) is 0 Å². The van der Waals surface area contributed by atoms with Gasteiger partial charge in [-0.1, -0.05) is 42.5 Å². The number of hydrogen-bond donors (Lipinski definition) is 2. The summed E-state index contributed by atoms with van der Waals surface area (Å²) in [6, 6.07) is 9.54. The van der Waals surface area contributed by atoms with Crippen LogP contribution in [-0.2, 0) is 11.2 Å². The van der Waals surface area contributed by atoms with Crippen molar-refractivity contribution in [3.8, 4) is 0 Å². The van der Waals surface area contributed by atoms with Crippen LogP contribution in [0.25, 0.3) is 0 Å². The first-order valence-corrected chi connectivity index (χ1v) is 9.19. The predicted octanol–water partition coefficient (Wildman–Crippen LogP) is 3.26. The van der Waals surface area contributed by atoms with E-state index in [9.17, 15) is 9.90 Å². The van der Waals surface area contributed by atoms with Gasteiger partial charge in [0.15, 0.2) is 0 Å². The molecule has 2 aromatic rings. The summed E-state index contributed by atoms with van der Waals surface area (Å²) >= 11 is 1.41. The zero-order chi connectivity index (χ0) is 16.8. The number of nitrogens with one attached hydrogen (secondary N) is 1. The molecule has 1 heterocycles. The summed E-state index contributed by atoms with van der Waals surface area (Å²) < 4.78 is 0. The number of aliphatic hydroxyl groups excluding tert-OH is 1. The summed E-state index contributed by atoms with van der Waals surface area (Å²) in [4.78, 5) is 16.8. The fourth-order valence-corrected chi connectivity index (χ4v) is 3.68. The van der Waals surface area contributed by atoms with E-state index in [-0.39, 0.29) is 17.9 Å². The van der Waals surface area contributed by atoms with Gasteiger partial charge in [-0.3, -0.25) is 4.79 Å². The van der Waals surface area contributed by atoms with Gasteiger partial charge in [-0.15, -0.1) is 11.3 Å². The van der Waals surface area contributed by atoms with Gasteiger partial charge in [0.05, 0.1) is 6.04 Å². The fraction of sp³-hybridized carbons (Fsp3) is 0.368. The average molecular weight is 342 g/mol. The zero-order valence-electron chi connectivity index (χ0n) is 13.5. The molecule has 0 saturated carbocycles. The van der Waals surface area contributed by atoms with Gasteiger partial charge in [-0.25, -0.2) is 4.98 Å². The molecule has 24 heavy (non-hydrogen) atoms. The Hall–Kier alpha value is -1.98. The van der Waals surface area contributed by atoms with E-state index in [1.54, 1.807) is 6.20 Å². The van der Waals surface area contributed by atoms with Crippen molar-refractivity contribution in [3.63, 3.8) is 0 Å². The summed E-state index contributed by atoms with van der Waals surface area (Å²) in [6.07, 6.45) is 8.23. The molecule has 0 radical (unpaired) electrons. The van der Waals surface area contributed by atoms with E-state index < -0.39 is 6.10 Å². The number of thiazole rings is 1. The lowest BCUT2D eigenvalue weighted by Crippen LogP contribution is -2.44. The largest absolute Gasteiger partial charge is 0.384 e. The topological polar surface area (TPSA) is 62.2 Å². The van der Waals surface area contributed by atoms with Crippen LogP contribution in [0.2, 0.25) is 0 Å². The van der Waals surface area contributed by atoms with Gasteiger partial charge in [0.25, 0.3) is 0 Å². The summed E-state index contributed by atoms with van der Waals surface area (Å²) in [6.45, 7) is 0. The summed E-state index contributed by atoms with van der Waals surface area (Å²) in [5, 5.41) is 16.2. The van der Waals surface area contributed by atoms with Crippen molar-refractivity contribution in [1.29, 1.82) is 0 Å². The Kier molecular flexibility index (Phi) is 5.77. The normalized spacial score (nSPS) is 19.6. The van der Waals surface area contributed by atoms with Crippen molar-refractivity contribution in [3.05, 3.63) is 64.6 Å². The number of amides is 1. The molecular formula is C19H22N2O2S. The molecule has 3 rings (SSSR count). The van der Waals surface area contributed by atoms with Crippen molar-refractivity contribution in [2.75, 3.05) is 0 Å². The summed E-state index contributed by atoms with van der Waals surface area (Å²) in [5.41, 5.74) is 1.09. The molecule has 1 amide bonds. The van der Waals surface area contributed by atoms with Gasteiger partial charge in [-0.05, 0) is 31.2 Å². The van der Waals surface area contributed by atoms with Gasteiger partial charge in [0.2, 0.25) is 5.91 Å². The second kappa shape index (κ2) is 8.22. The van der Waals surface area contributed by atoms with E-state index in [1.165, 1.54) is 11.3 Å². The quantitative estimate of drug-likeness (QED) is 0.792. The monoisotopic (exact) mass is 342 g/mol. The molecule has 126 valence electrons. The lowest BCUT2D eigenvalue weighted by atomic mass is 9.92. The molecule has 1 aromatic carbocycles. The highest BCUT2D eigenvalue weighted by Crippen LogP contribution is 2.24. The molecule has 1 aliphatic carbocycles. The Morgan fingerprint density at radius 2 is 2.17 bits per heavy atom. The van der Waals surface area contributed by atoms with Crippen molar-refractivity contribution in [2.24, 2.45) is 5.92 Å². The number of allylic oxidation sites excluding steroid dienone is 2. The summed E-state index contributed by atoms with van der Waals surface area (Å²) in [7, 11) is 0. The van der Waals surface area contributed by atoms with Gasteiger partial charge >= 0.3 is 0 Å². The van der Waals surface area contributed by atoms with Gasteiger partial charge in [-0.2, -0.15) is 0 Å². The first kappa shape index (κ1) is 16.9. The molecule has 1 aromatic heterocycles. The Morgan fingerprint density at radius 1 is 1.33 bits per heavy atom. The predicted molar refractivity (Wildman–Crippen MR) is 95.6 cm³/mol. The Labute approximate surface area is 146 Å². The Balaban J connectivity index is 1.73. The summed E-state index contributed by atoms with van der Waals surface area (Å²) in [5.74, 6) is 0.0210. The number of benzene rings is 1. The zero-order valence-corrected chi connectivity index (χ0v) is 14.3. The average Bonchev–Trinajstić information content (AvgIpc) is 3.17. The van der Waals surface area contributed by atoms with Crippen LogP contribution in [0.5, 0.6) is 0 Å². The minimum atomic E-state index is -0.798. The van der Waals surface area contributed by atoms with E-state index in [0.717, 1.165) is 24.8 Å². The third-order valence-electron chi connectivity index (χ3n) is 4.35. The molecule has 2 N–H and O–H groups in total. The highest BCUT2D eigenvalue weighted by molar-refractivity contribution is 7.09. The first-order valence-electron chi connectivity index (χ1n) is 8.31. The maximum atomic E-state index is 12.6. The number of carbonyl (C=O) groups is 1. The maximum Gasteiger partial charge on any atom is 0.223 e. The van der Waals surface area contributed by atoms with Crippen LogP contribution in [0.15, 0.2) is 54.1 Å². The molecule has 0 bridgehead atoms. The van der Waals surface area contributed by atoms with Crippen LogP contribution >= 0.6 is 11.3 Å². The Bertz CT molecular complexity index is 670. The van der Waals surface area contributed by atoms with Crippen molar-refractivity contribution >= 4 is 17.2 Å². The van der Waals surface area contributed by atoms with E-state index in [1.807, 2.05) is 35.7 Å². The standard InChI is InChI=1S/C19H22N2O2S/c22-17(19-20-11-12-24-19)16(13-14-7-3-1-4-8-14)21-18(23)15-9-5-2-6-10-15/h1-5,7-8,11-12,15-17,22H,6,9-10,13H2,(H,21,23)/t15-,16+,17-/m0/s1. The minimum absolute atomic E-state index is 0.00299. The number of carbonyl (C=O) groups excluding carboxylic acids is 1. The lowest BCUT2D eigenvalue weighted by molar-refractivity contribution is -0.126. The van der Waals surface area contributed by atoms with E-state index in [4.69, 9.17) is 0 Å². The van der Waals surface area contributed by atoms with Crippen molar-refractivity contribution < 1.29 is 9.90 Å². The number of nitrogens with zero attached hydrogens (tertiary/aromatic N) is 1. The number of hydrogen-bond acceptors (Lipinski definition) is 4. The van der Waals surface area contributed by atoms with Crippen molar-refractivity contribution in [2.45, 2.75) is 37.8 Å². The molecular weight excluding hydrogens is 320 g/mol. The molecule has 0 spiro atoms. The SMILES string of the molecule is O=C(N[C@H](Cc1ccccc1)[C@H](O)c1nccs1)[C@H]1CC=CCC1. The van der Waals surface area contributed by atoms with Crippen LogP contribution in [-0.4, -0.2) is 22.0 Å². The van der Waals surface area contributed by atoms with Crippen LogP contribution < -0.4 is 5.32 Å². The highest BCUT2D eigenvalue weighted by Gasteiger charge is 2.28. The fourth-order valence-electron chi connectivity index (χ4n) is 2.99. The van der Waals surface area contributed by atoms with E-state index in [2.05, 4.69) is 22.5 Å². The van der Waals surface area contributed by atoms with E-state index >= 15 is 0 Å². The second-order valence-corrected chi connectivity index (χ2v) is 7.03. The third kappa shape index (κ3) is 4.30. The highest BCUT2D eigenvalue weighted by atomic mass is 32.1. The molecule has 0 aliphatic heterocycles. The number of aliphatic hydroxyl groups is 1. The number of rotatable bonds is 6. The molecule has 4 nitrogen and oxygen atoms in total. The lowest BCUT2D eigenvalue weighted by Gasteiger charge is -2.26. The molecule has 1 aliphatic rings. The maximum absolute atomic E-state index is 12.6. The molecule has 0 unspecified atom stereocenters. The Morgan fingerprint density at radius 3 is 2.83 bits per heavy atom. The minimum Gasteiger partial charge on any atom is -0.384 e. The smallest absolute Gasteiger partial charge is 0.223 e. The molecule has 0 saturated heterocycles. The van der Waals surface area contributed by atoms with E-state index in [0.29, 0.717) is 11.4 Å². The van der Waals surface area contributed by atoms with Gasteiger partial charge < -0.3 is 10.4 Å². The molecule has 0 fully saturated rings. The van der Waals surface area contributed by atoms with Crippen molar-refractivity contribution in [1.82, 2.24) is 10.3 Å². The first-order chi connectivity index (χ1) is 11.7.